The minimum Gasteiger partial charge on any atom is -0.306 e. The Bertz CT molecular complexity index is 791. The SMILES string of the molecule is CC(N[C@H](C)c1ccncc1)c1ccc2[nH]c(=O)[nH]c2c1. The highest BCUT2D eigenvalue weighted by Crippen LogP contribution is 2.21. The van der Waals surface area contributed by atoms with Gasteiger partial charge in [-0.3, -0.25) is 4.98 Å². The van der Waals surface area contributed by atoms with Gasteiger partial charge in [-0.05, 0) is 49.2 Å². The minimum atomic E-state index is -0.173. The van der Waals surface area contributed by atoms with Crippen LogP contribution in [0, 0.1) is 0 Å². The fraction of sp³-hybridized carbons (Fsp3) is 0.250. The van der Waals surface area contributed by atoms with Crippen molar-refractivity contribution in [2.75, 3.05) is 0 Å². The second kappa shape index (κ2) is 5.54. The zero-order valence-corrected chi connectivity index (χ0v) is 12.1. The molecular weight excluding hydrogens is 264 g/mol. The summed E-state index contributed by atoms with van der Waals surface area (Å²) < 4.78 is 0. The van der Waals surface area contributed by atoms with Crippen LogP contribution in [0.15, 0.2) is 47.5 Å². The first kappa shape index (κ1) is 13.6. The van der Waals surface area contributed by atoms with Crippen molar-refractivity contribution in [3.05, 3.63) is 64.3 Å². The lowest BCUT2D eigenvalue weighted by atomic mass is 10.0. The van der Waals surface area contributed by atoms with Crippen LogP contribution in [-0.4, -0.2) is 15.0 Å². The molecule has 0 fully saturated rings. The molecule has 0 aliphatic rings. The maximum Gasteiger partial charge on any atom is 0.323 e. The summed E-state index contributed by atoms with van der Waals surface area (Å²) in [6.45, 7) is 4.24. The molecule has 3 rings (SSSR count). The molecule has 1 aromatic carbocycles. The van der Waals surface area contributed by atoms with Gasteiger partial charge in [0.2, 0.25) is 0 Å². The zero-order valence-electron chi connectivity index (χ0n) is 12.1. The summed E-state index contributed by atoms with van der Waals surface area (Å²) in [6.07, 6.45) is 3.60. The Kier molecular flexibility index (Phi) is 3.58. The van der Waals surface area contributed by atoms with E-state index in [0.717, 1.165) is 16.6 Å². The van der Waals surface area contributed by atoms with Gasteiger partial charge >= 0.3 is 5.69 Å². The fourth-order valence-corrected chi connectivity index (χ4v) is 2.54. The van der Waals surface area contributed by atoms with Crippen LogP contribution in [0.5, 0.6) is 0 Å². The summed E-state index contributed by atoms with van der Waals surface area (Å²) in [5.74, 6) is 0. The highest BCUT2D eigenvalue weighted by atomic mass is 16.1. The monoisotopic (exact) mass is 282 g/mol. The molecule has 3 aromatic rings. The molecule has 0 saturated heterocycles. The Hall–Kier alpha value is -2.40. The number of pyridine rings is 1. The van der Waals surface area contributed by atoms with Crippen molar-refractivity contribution in [3.63, 3.8) is 0 Å². The predicted octanol–water partition coefficient (Wildman–Crippen LogP) is 2.66. The molecule has 0 spiro atoms. The van der Waals surface area contributed by atoms with Crippen molar-refractivity contribution in [1.29, 1.82) is 0 Å². The molecule has 5 heteroatoms. The van der Waals surface area contributed by atoms with Crippen molar-refractivity contribution < 1.29 is 0 Å². The van der Waals surface area contributed by atoms with E-state index in [-0.39, 0.29) is 17.8 Å². The summed E-state index contributed by atoms with van der Waals surface area (Å²) in [5.41, 5.74) is 3.83. The van der Waals surface area contributed by atoms with Crippen molar-refractivity contribution >= 4 is 11.0 Å². The molecule has 2 atom stereocenters. The first-order valence-corrected chi connectivity index (χ1v) is 7.01. The van der Waals surface area contributed by atoms with Crippen LogP contribution < -0.4 is 11.0 Å². The van der Waals surface area contributed by atoms with Gasteiger partial charge in [0.25, 0.3) is 0 Å². The zero-order chi connectivity index (χ0) is 14.8. The van der Waals surface area contributed by atoms with E-state index in [1.54, 1.807) is 12.4 Å². The van der Waals surface area contributed by atoms with Crippen LogP contribution >= 0.6 is 0 Å². The van der Waals surface area contributed by atoms with Crippen LogP contribution in [0.1, 0.15) is 37.1 Å². The first-order chi connectivity index (χ1) is 10.1. The average molecular weight is 282 g/mol. The number of nitrogens with one attached hydrogen (secondary N) is 3. The molecule has 0 amide bonds. The fourth-order valence-electron chi connectivity index (χ4n) is 2.54. The molecule has 0 aliphatic carbocycles. The maximum atomic E-state index is 11.3. The lowest BCUT2D eigenvalue weighted by Crippen LogP contribution is -2.22. The van der Waals surface area contributed by atoms with Crippen LogP contribution in [0.3, 0.4) is 0 Å². The number of imidazole rings is 1. The topological polar surface area (TPSA) is 73.6 Å². The number of hydrogen-bond donors (Lipinski definition) is 3. The van der Waals surface area contributed by atoms with Gasteiger partial charge in [-0.2, -0.15) is 0 Å². The summed E-state index contributed by atoms with van der Waals surface area (Å²) >= 11 is 0. The number of aromatic nitrogens is 3. The molecule has 3 N–H and O–H groups in total. The Morgan fingerprint density at radius 1 is 0.952 bits per heavy atom. The van der Waals surface area contributed by atoms with Crippen LogP contribution in [0.25, 0.3) is 11.0 Å². The van der Waals surface area contributed by atoms with Gasteiger partial charge in [0, 0.05) is 24.5 Å². The van der Waals surface area contributed by atoms with Crippen molar-refractivity contribution in [3.8, 4) is 0 Å². The highest BCUT2D eigenvalue weighted by molar-refractivity contribution is 5.75. The number of benzene rings is 1. The van der Waals surface area contributed by atoms with E-state index in [4.69, 9.17) is 0 Å². The van der Waals surface area contributed by atoms with Gasteiger partial charge in [0.15, 0.2) is 0 Å². The number of rotatable bonds is 4. The van der Waals surface area contributed by atoms with Crippen LogP contribution in [0.4, 0.5) is 0 Å². The van der Waals surface area contributed by atoms with Gasteiger partial charge < -0.3 is 15.3 Å². The number of fused-ring (bicyclic) bond motifs is 1. The molecule has 2 heterocycles. The smallest absolute Gasteiger partial charge is 0.306 e. The van der Waals surface area contributed by atoms with E-state index >= 15 is 0 Å². The van der Waals surface area contributed by atoms with E-state index in [1.807, 2.05) is 30.3 Å². The van der Waals surface area contributed by atoms with Crippen molar-refractivity contribution in [2.24, 2.45) is 0 Å². The lowest BCUT2D eigenvalue weighted by Gasteiger charge is -2.20. The third kappa shape index (κ3) is 2.87. The van der Waals surface area contributed by atoms with E-state index in [1.165, 1.54) is 5.56 Å². The molecule has 0 bridgehead atoms. The van der Waals surface area contributed by atoms with Crippen LogP contribution in [-0.2, 0) is 0 Å². The van der Waals surface area contributed by atoms with Crippen LogP contribution in [0.2, 0.25) is 0 Å². The molecular formula is C16H18N4O. The van der Waals surface area contributed by atoms with E-state index < -0.39 is 0 Å². The van der Waals surface area contributed by atoms with Gasteiger partial charge in [-0.1, -0.05) is 6.07 Å². The number of aromatic amines is 2. The van der Waals surface area contributed by atoms with E-state index in [9.17, 15) is 4.79 Å². The summed E-state index contributed by atoms with van der Waals surface area (Å²) in [6, 6.07) is 10.4. The molecule has 0 saturated carbocycles. The molecule has 108 valence electrons. The van der Waals surface area contributed by atoms with Crippen molar-refractivity contribution in [2.45, 2.75) is 25.9 Å². The minimum absolute atomic E-state index is 0.173. The Balaban J connectivity index is 1.80. The molecule has 21 heavy (non-hydrogen) atoms. The van der Waals surface area contributed by atoms with Gasteiger partial charge in [0.1, 0.15) is 0 Å². The van der Waals surface area contributed by atoms with Crippen molar-refractivity contribution in [1.82, 2.24) is 20.3 Å². The number of nitrogens with zero attached hydrogens (tertiary/aromatic N) is 1. The third-order valence-electron chi connectivity index (χ3n) is 3.75. The number of H-pyrrole nitrogens is 2. The van der Waals surface area contributed by atoms with Gasteiger partial charge in [0.05, 0.1) is 11.0 Å². The summed E-state index contributed by atoms with van der Waals surface area (Å²) in [5, 5.41) is 3.55. The standard InChI is InChI=1S/C16H18N4O/c1-10(12-5-7-17-8-6-12)18-11(2)13-3-4-14-15(9-13)20-16(21)19-14/h3-11,18H,1-2H3,(H2,19,20,21)/t10-,11?/m1/s1. The highest BCUT2D eigenvalue weighted by Gasteiger charge is 2.12. The summed E-state index contributed by atoms with van der Waals surface area (Å²) in [4.78, 5) is 20.9. The molecule has 2 aromatic heterocycles. The molecule has 5 nitrogen and oxygen atoms in total. The van der Waals surface area contributed by atoms with E-state index in [2.05, 4.69) is 34.1 Å². The first-order valence-electron chi connectivity index (χ1n) is 7.01. The predicted molar refractivity (Wildman–Crippen MR) is 83.1 cm³/mol. The molecule has 1 unspecified atom stereocenters. The normalized spacial score (nSPS) is 14.2. The quantitative estimate of drug-likeness (QED) is 0.688. The molecule has 0 aliphatic heterocycles. The van der Waals surface area contributed by atoms with Gasteiger partial charge in [-0.15, -0.1) is 0 Å². The Morgan fingerprint density at radius 3 is 2.38 bits per heavy atom. The Labute approximate surface area is 122 Å². The number of hydrogen-bond acceptors (Lipinski definition) is 3. The Morgan fingerprint density at radius 2 is 1.62 bits per heavy atom. The maximum absolute atomic E-state index is 11.3. The van der Waals surface area contributed by atoms with E-state index in [0.29, 0.717) is 0 Å². The second-order valence-corrected chi connectivity index (χ2v) is 5.27. The summed E-state index contributed by atoms with van der Waals surface area (Å²) in [7, 11) is 0. The molecule has 0 radical (unpaired) electrons. The average Bonchev–Trinajstić information content (AvgIpc) is 2.87. The second-order valence-electron chi connectivity index (χ2n) is 5.27. The lowest BCUT2D eigenvalue weighted by molar-refractivity contribution is 0.494. The van der Waals surface area contributed by atoms with Gasteiger partial charge in [-0.25, -0.2) is 4.79 Å². The third-order valence-corrected chi connectivity index (χ3v) is 3.75. The largest absolute Gasteiger partial charge is 0.323 e.